The smallest absolute Gasteiger partial charge is 0.416 e. The van der Waals surface area contributed by atoms with Crippen molar-refractivity contribution in [1.82, 2.24) is 4.72 Å². The van der Waals surface area contributed by atoms with Crippen molar-refractivity contribution >= 4 is 10.0 Å². The van der Waals surface area contributed by atoms with E-state index in [9.17, 15) is 26.7 Å². The van der Waals surface area contributed by atoms with E-state index in [1.54, 1.807) is 0 Å². The van der Waals surface area contributed by atoms with Crippen molar-refractivity contribution in [3.63, 3.8) is 0 Å². The van der Waals surface area contributed by atoms with Crippen LogP contribution in [0.1, 0.15) is 30.6 Å². The summed E-state index contributed by atoms with van der Waals surface area (Å²) in [6.07, 6.45) is -4.93. The van der Waals surface area contributed by atoms with Crippen molar-refractivity contribution in [3.05, 3.63) is 59.7 Å². The summed E-state index contributed by atoms with van der Waals surface area (Å²) >= 11 is 0. The van der Waals surface area contributed by atoms with Gasteiger partial charge in [0.1, 0.15) is 5.75 Å². The molecule has 2 aromatic rings. The number of aliphatic hydroxyl groups excluding tert-OH is 1. The van der Waals surface area contributed by atoms with Crippen LogP contribution in [-0.2, 0) is 16.2 Å². The Bertz CT molecular complexity index is 834. The van der Waals surface area contributed by atoms with Gasteiger partial charge >= 0.3 is 6.18 Å². The molecule has 0 aromatic heterocycles. The first-order valence-corrected chi connectivity index (χ1v) is 9.69. The number of sulfonamides is 1. The molecule has 5 nitrogen and oxygen atoms in total. The second-order valence-corrected chi connectivity index (χ2v) is 7.57. The van der Waals surface area contributed by atoms with Crippen molar-refractivity contribution in [1.29, 1.82) is 0 Å². The minimum Gasteiger partial charge on any atom is -0.494 e. The lowest BCUT2D eigenvalue weighted by Crippen LogP contribution is -2.28. The van der Waals surface area contributed by atoms with Crippen molar-refractivity contribution in [2.24, 2.45) is 0 Å². The van der Waals surface area contributed by atoms with E-state index in [1.807, 2.05) is 6.92 Å². The van der Waals surface area contributed by atoms with Gasteiger partial charge in [-0.05, 0) is 48.4 Å². The van der Waals surface area contributed by atoms with E-state index < -0.39 is 27.9 Å². The first-order chi connectivity index (χ1) is 12.6. The highest BCUT2D eigenvalue weighted by Crippen LogP contribution is 2.30. The van der Waals surface area contributed by atoms with Crippen LogP contribution < -0.4 is 9.46 Å². The molecule has 9 heteroatoms. The highest BCUT2D eigenvalue weighted by molar-refractivity contribution is 7.89. The summed E-state index contributed by atoms with van der Waals surface area (Å²) in [4.78, 5) is -0.00836. The second-order valence-electron chi connectivity index (χ2n) is 5.81. The van der Waals surface area contributed by atoms with E-state index in [1.165, 1.54) is 24.3 Å². The van der Waals surface area contributed by atoms with Gasteiger partial charge in [0.25, 0.3) is 0 Å². The van der Waals surface area contributed by atoms with Crippen LogP contribution >= 0.6 is 0 Å². The molecule has 0 saturated carbocycles. The quantitative estimate of drug-likeness (QED) is 0.707. The molecule has 0 aliphatic rings. The van der Waals surface area contributed by atoms with Crippen molar-refractivity contribution in [3.8, 4) is 5.75 Å². The highest BCUT2D eigenvalue weighted by Gasteiger charge is 2.30. The van der Waals surface area contributed by atoms with Gasteiger partial charge in [-0.3, -0.25) is 0 Å². The molecule has 2 aromatic carbocycles. The van der Waals surface area contributed by atoms with Crippen LogP contribution in [0, 0.1) is 0 Å². The number of rotatable bonds is 8. The molecule has 0 fully saturated rings. The molecule has 0 aliphatic heterocycles. The summed E-state index contributed by atoms with van der Waals surface area (Å²) in [5.74, 6) is 0.542. The molecule has 1 atom stereocenters. The molecule has 0 heterocycles. The minimum absolute atomic E-state index is 0.00836. The molecule has 0 saturated heterocycles. The zero-order chi connectivity index (χ0) is 20.1. The van der Waals surface area contributed by atoms with Gasteiger partial charge in [0.2, 0.25) is 10.0 Å². The molecular formula is C18H20F3NO4S. The Morgan fingerprint density at radius 2 is 1.67 bits per heavy atom. The third kappa shape index (κ3) is 5.95. The Kier molecular flexibility index (Phi) is 6.85. The highest BCUT2D eigenvalue weighted by atomic mass is 32.2. The Morgan fingerprint density at radius 3 is 2.19 bits per heavy atom. The number of ether oxygens (including phenoxy) is 1. The van der Waals surface area contributed by atoms with E-state index in [4.69, 9.17) is 4.74 Å². The van der Waals surface area contributed by atoms with Gasteiger partial charge in [-0.2, -0.15) is 13.2 Å². The fourth-order valence-corrected chi connectivity index (χ4v) is 3.26. The molecule has 0 spiro atoms. The third-order valence-electron chi connectivity index (χ3n) is 3.70. The summed E-state index contributed by atoms with van der Waals surface area (Å²) < 4.78 is 69.8. The van der Waals surface area contributed by atoms with E-state index in [0.717, 1.165) is 30.7 Å². The van der Waals surface area contributed by atoms with Crippen LogP contribution in [-0.4, -0.2) is 26.7 Å². The van der Waals surface area contributed by atoms with Crippen LogP contribution in [0.5, 0.6) is 5.75 Å². The molecular weight excluding hydrogens is 383 g/mol. The summed E-state index contributed by atoms with van der Waals surface area (Å²) in [6, 6.07) is 9.69. The largest absolute Gasteiger partial charge is 0.494 e. The van der Waals surface area contributed by atoms with Gasteiger partial charge in [-0.15, -0.1) is 0 Å². The molecule has 0 radical (unpaired) electrons. The van der Waals surface area contributed by atoms with Gasteiger partial charge in [0.15, 0.2) is 0 Å². The second kappa shape index (κ2) is 8.73. The van der Waals surface area contributed by atoms with E-state index in [0.29, 0.717) is 12.4 Å². The molecule has 2 N–H and O–H groups in total. The van der Waals surface area contributed by atoms with E-state index >= 15 is 0 Å². The molecule has 0 bridgehead atoms. The lowest BCUT2D eigenvalue weighted by molar-refractivity contribution is -0.137. The SMILES string of the molecule is CCCOc1ccc(S(=O)(=O)NCC(O)c2ccc(C(F)(F)F)cc2)cc1. The summed E-state index contributed by atoms with van der Waals surface area (Å²) in [6.45, 7) is 2.09. The molecule has 0 amide bonds. The van der Waals surface area contributed by atoms with Crippen LogP contribution in [0.25, 0.3) is 0 Å². The summed E-state index contributed by atoms with van der Waals surface area (Å²) in [5, 5.41) is 10.0. The van der Waals surface area contributed by atoms with Crippen LogP contribution in [0.4, 0.5) is 13.2 Å². The Hall–Kier alpha value is -2.10. The maximum Gasteiger partial charge on any atom is 0.416 e. The molecule has 0 aliphatic carbocycles. The Balaban J connectivity index is 1.99. The van der Waals surface area contributed by atoms with Gasteiger partial charge in [-0.25, -0.2) is 13.1 Å². The van der Waals surface area contributed by atoms with E-state index in [2.05, 4.69) is 4.72 Å². The Morgan fingerprint density at radius 1 is 1.07 bits per heavy atom. The standard InChI is InChI=1S/C18H20F3NO4S/c1-2-11-26-15-7-9-16(10-8-15)27(24,25)22-12-17(23)13-3-5-14(6-4-13)18(19,20)21/h3-10,17,22-23H,2,11-12H2,1H3. The lowest BCUT2D eigenvalue weighted by atomic mass is 10.1. The fourth-order valence-electron chi connectivity index (χ4n) is 2.22. The van der Waals surface area contributed by atoms with Gasteiger partial charge < -0.3 is 9.84 Å². The van der Waals surface area contributed by atoms with Crippen molar-refractivity contribution < 1.29 is 31.4 Å². The minimum atomic E-state index is -4.47. The maximum absolute atomic E-state index is 12.5. The zero-order valence-electron chi connectivity index (χ0n) is 14.5. The average Bonchev–Trinajstić information content (AvgIpc) is 2.64. The van der Waals surface area contributed by atoms with Crippen molar-refractivity contribution in [2.75, 3.05) is 13.2 Å². The predicted octanol–water partition coefficient (Wildman–Crippen LogP) is 3.51. The van der Waals surface area contributed by atoms with Crippen LogP contribution in [0.15, 0.2) is 53.4 Å². The first-order valence-electron chi connectivity index (χ1n) is 8.21. The lowest BCUT2D eigenvalue weighted by Gasteiger charge is -2.14. The number of alkyl halides is 3. The van der Waals surface area contributed by atoms with Crippen LogP contribution in [0.3, 0.4) is 0 Å². The third-order valence-corrected chi connectivity index (χ3v) is 5.14. The maximum atomic E-state index is 12.5. The number of benzene rings is 2. The number of nitrogens with one attached hydrogen (secondary N) is 1. The monoisotopic (exact) mass is 403 g/mol. The zero-order valence-corrected chi connectivity index (χ0v) is 15.3. The fraction of sp³-hybridized carbons (Fsp3) is 0.333. The number of aliphatic hydroxyl groups is 1. The topological polar surface area (TPSA) is 75.6 Å². The van der Waals surface area contributed by atoms with Crippen LogP contribution in [0.2, 0.25) is 0 Å². The van der Waals surface area contributed by atoms with Gasteiger partial charge in [-0.1, -0.05) is 19.1 Å². The predicted molar refractivity (Wildman–Crippen MR) is 93.8 cm³/mol. The molecule has 1 unspecified atom stereocenters. The molecule has 2 rings (SSSR count). The summed E-state index contributed by atoms with van der Waals surface area (Å²) in [5.41, 5.74) is -0.668. The molecule has 148 valence electrons. The molecule has 27 heavy (non-hydrogen) atoms. The average molecular weight is 403 g/mol. The van der Waals surface area contributed by atoms with Gasteiger partial charge in [0, 0.05) is 6.54 Å². The number of hydrogen-bond acceptors (Lipinski definition) is 4. The van der Waals surface area contributed by atoms with Crippen molar-refractivity contribution in [2.45, 2.75) is 30.5 Å². The Labute approximate surface area is 155 Å². The van der Waals surface area contributed by atoms with Gasteiger partial charge in [0.05, 0.1) is 23.2 Å². The number of halogens is 3. The summed E-state index contributed by atoms with van der Waals surface area (Å²) in [7, 11) is -3.88. The number of hydrogen-bond donors (Lipinski definition) is 2. The normalized spacial score (nSPS) is 13.4. The first kappa shape index (κ1) is 21.2. The van der Waals surface area contributed by atoms with E-state index in [-0.39, 0.29) is 17.0 Å².